The van der Waals surface area contributed by atoms with Gasteiger partial charge in [-0.3, -0.25) is 4.90 Å². The molecule has 6 heteroatoms. The Morgan fingerprint density at radius 3 is 2.46 bits per heavy atom. The summed E-state index contributed by atoms with van der Waals surface area (Å²) in [6.07, 6.45) is 5.41. The van der Waals surface area contributed by atoms with Crippen molar-refractivity contribution in [2.75, 3.05) is 19.6 Å². The van der Waals surface area contributed by atoms with Crippen LogP contribution in [0.5, 0.6) is 5.75 Å². The van der Waals surface area contributed by atoms with Gasteiger partial charge in [0.15, 0.2) is 0 Å². The predicted molar refractivity (Wildman–Crippen MR) is 103 cm³/mol. The monoisotopic (exact) mass is 396 g/mol. The van der Waals surface area contributed by atoms with Crippen molar-refractivity contribution in [1.82, 2.24) is 10.2 Å². The summed E-state index contributed by atoms with van der Waals surface area (Å²) in [5, 5.41) is 3.41. The highest BCUT2D eigenvalue weighted by Crippen LogP contribution is 2.39. The van der Waals surface area contributed by atoms with Crippen molar-refractivity contribution in [3.63, 3.8) is 0 Å². The van der Waals surface area contributed by atoms with E-state index in [-0.39, 0.29) is 11.6 Å². The number of nitrogens with one attached hydrogen (secondary N) is 1. The number of piperidine rings is 1. The molecule has 0 atom stereocenters. The summed E-state index contributed by atoms with van der Waals surface area (Å²) in [6.45, 7) is 3.53. The van der Waals surface area contributed by atoms with Crippen molar-refractivity contribution in [3.8, 4) is 5.75 Å². The fraction of sp³-hybridized carbons (Fsp3) is 0.727. The maximum Gasteiger partial charge on any atom is 0.416 e. The fourth-order valence-electron chi connectivity index (χ4n) is 5.28. The molecule has 3 nitrogen and oxygen atoms in total. The predicted octanol–water partition coefficient (Wildman–Crippen LogP) is 5.13. The lowest BCUT2D eigenvalue weighted by Gasteiger charge is -2.42. The summed E-state index contributed by atoms with van der Waals surface area (Å²) >= 11 is 0. The minimum atomic E-state index is -4.35. The molecule has 0 bridgehead atoms. The van der Waals surface area contributed by atoms with Crippen LogP contribution >= 0.6 is 0 Å². The van der Waals surface area contributed by atoms with Crippen LogP contribution in [0, 0.1) is 0 Å². The molecule has 0 radical (unpaired) electrons. The van der Waals surface area contributed by atoms with Gasteiger partial charge in [-0.25, -0.2) is 0 Å². The molecule has 2 saturated heterocycles. The van der Waals surface area contributed by atoms with E-state index in [0.29, 0.717) is 12.3 Å². The van der Waals surface area contributed by atoms with Crippen molar-refractivity contribution < 1.29 is 17.9 Å². The average Bonchev–Trinajstić information content (AvgIpc) is 3.04. The zero-order chi connectivity index (χ0) is 19.6. The SMILES string of the molecule is FC(F)(F)c1cc(CN2CCCC23CCNCC3)cc(OC2CCCCC2)c1. The van der Waals surface area contributed by atoms with E-state index < -0.39 is 11.7 Å². The summed E-state index contributed by atoms with van der Waals surface area (Å²) in [6, 6.07) is 4.35. The number of alkyl halides is 3. The van der Waals surface area contributed by atoms with Crippen molar-refractivity contribution in [2.24, 2.45) is 0 Å². The van der Waals surface area contributed by atoms with Gasteiger partial charge in [-0.2, -0.15) is 13.2 Å². The molecule has 1 aromatic carbocycles. The summed E-state index contributed by atoms with van der Waals surface area (Å²) in [4.78, 5) is 2.42. The third-order valence-electron chi connectivity index (χ3n) is 6.80. The molecule has 156 valence electrons. The van der Waals surface area contributed by atoms with Gasteiger partial charge in [-0.05, 0) is 94.8 Å². The molecule has 3 aliphatic rings. The zero-order valence-electron chi connectivity index (χ0n) is 16.5. The lowest BCUT2D eigenvalue weighted by molar-refractivity contribution is -0.137. The number of halogens is 3. The molecule has 2 aliphatic heterocycles. The van der Waals surface area contributed by atoms with E-state index in [1.54, 1.807) is 0 Å². The topological polar surface area (TPSA) is 24.5 Å². The molecule has 0 unspecified atom stereocenters. The fourth-order valence-corrected chi connectivity index (χ4v) is 5.28. The summed E-state index contributed by atoms with van der Waals surface area (Å²) < 4.78 is 46.5. The average molecular weight is 396 g/mol. The first-order valence-corrected chi connectivity index (χ1v) is 10.8. The van der Waals surface area contributed by atoms with Crippen LogP contribution in [0.15, 0.2) is 18.2 Å². The summed E-state index contributed by atoms with van der Waals surface area (Å²) in [7, 11) is 0. The number of benzene rings is 1. The lowest BCUT2D eigenvalue weighted by Crippen LogP contribution is -2.50. The van der Waals surface area contributed by atoms with E-state index in [1.807, 2.05) is 6.07 Å². The molecule has 0 aromatic heterocycles. The molecule has 3 fully saturated rings. The second-order valence-corrected chi connectivity index (χ2v) is 8.74. The molecule has 0 amide bonds. The van der Waals surface area contributed by atoms with E-state index >= 15 is 0 Å². The highest BCUT2D eigenvalue weighted by atomic mass is 19.4. The van der Waals surface area contributed by atoms with Crippen LogP contribution in [0.4, 0.5) is 13.2 Å². The van der Waals surface area contributed by atoms with E-state index in [4.69, 9.17) is 4.74 Å². The molecule has 4 rings (SSSR count). The first kappa shape index (κ1) is 20.0. The molecule has 28 heavy (non-hydrogen) atoms. The molecule has 2 heterocycles. The third kappa shape index (κ3) is 4.48. The molecule has 1 N–H and O–H groups in total. The minimum absolute atomic E-state index is 0.0487. The van der Waals surface area contributed by atoms with Gasteiger partial charge >= 0.3 is 6.18 Å². The first-order valence-electron chi connectivity index (χ1n) is 10.8. The largest absolute Gasteiger partial charge is 0.490 e. The molecular weight excluding hydrogens is 365 g/mol. The first-order chi connectivity index (χ1) is 13.4. The normalized spacial score (nSPS) is 24.0. The Morgan fingerprint density at radius 2 is 1.75 bits per heavy atom. The Kier molecular flexibility index (Phi) is 5.88. The number of likely N-dealkylation sites (tertiary alicyclic amines) is 1. The Bertz CT molecular complexity index is 664. The standard InChI is InChI=1S/C22H31F3N2O/c23-22(24,25)18-13-17(14-20(15-18)28-19-5-2-1-3-6-19)16-27-12-4-7-21(27)8-10-26-11-9-21/h13-15,19,26H,1-12,16H2. The molecule has 1 saturated carbocycles. The molecule has 1 aliphatic carbocycles. The van der Waals surface area contributed by atoms with Crippen molar-refractivity contribution in [1.29, 1.82) is 0 Å². The number of hydrogen-bond donors (Lipinski definition) is 1. The van der Waals surface area contributed by atoms with Crippen molar-refractivity contribution in [3.05, 3.63) is 29.3 Å². The smallest absolute Gasteiger partial charge is 0.416 e. The van der Waals surface area contributed by atoms with E-state index in [0.717, 1.165) is 76.6 Å². The second-order valence-electron chi connectivity index (χ2n) is 8.74. The molecular formula is C22H31F3N2O. The van der Waals surface area contributed by atoms with Crippen LogP contribution in [-0.4, -0.2) is 36.2 Å². The van der Waals surface area contributed by atoms with Gasteiger partial charge in [0.1, 0.15) is 5.75 Å². The maximum absolute atomic E-state index is 13.5. The molecule has 1 aromatic rings. The molecule has 1 spiro atoms. The number of rotatable bonds is 4. The second kappa shape index (κ2) is 8.23. The van der Waals surface area contributed by atoms with E-state index in [2.05, 4.69) is 10.2 Å². The van der Waals surface area contributed by atoms with Crippen LogP contribution in [0.3, 0.4) is 0 Å². The number of hydrogen-bond acceptors (Lipinski definition) is 3. The highest BCUT2D eigenvalue weighted by molar-refractivity contribution is 5.36. The van der Waals surface area contributed by atoms with Gasteiger partial charge in [0.05, 0.1) is 11.7 Å². The zero-order valence-corrected chi connectivity index (χ0v) is 16.5. The van der Waals surface area contributed by atoms with Crippen LogP contribution in [0.25, 0.3) is 0 Å². The summed E-state index contributed by atoms with van der Waals surface area (Å²) in [5.74, 6) is 0.385. The van der Waals surface area contributed by atoms with Crippen LogP contribution < -0.4 is 10.1 Å². The van der Waals surface area contributed by atoms with Gasteiger partial charge in [0.25, 0.3) is 0 Å². The van der Waals surface area contributed by atoms with Gasteiger partial charge in [-0.15, -0.1) is 0 Å². The van der Waals surface area contributed by atoms with E-state index in [1.165, 1.54) is 18.6 Å². The van der Waals surface area contributed by atoms with Crippen molar-refractivity contribution in [2.45, 2.75) is 82.2 Å². The van der Waals surface area contributed by atoms with Gasteiger partial charge < -0.3 is 10.1 Å². The Morgan fingerprint density at radius 1 is 1.00 bits per heavy atom. The minimum Gasteiger partial charge on any atom is -0.490 e. The Hall–Kier alpha value is -1.27. The quantitative estimate of drug-likeness (QED) is 0.763. The highest BCUT2D eigenvalue weighted by Gasteiger charge is 2.41. The van der Waals surface area contributed by atoms with Gasteiger partial charge in [0, 0.05) is 12.1 Å². The number of ether oxygens (including phenoxy) is 1. The van der Waals surface area contributed by atoms with Crippen molar-refractivity contribution >= 4 is 0 Å². The third-order valence-corrected chi connectivity index (χ3v) is 6.80. The summed E-state index contributed by atoms with van der Waals surface area (Å²) in [5.41, 5.74) is 0.291. The van der Waals surface area contributed by atoms with Gasteiger partial charge in [-0.1, -0.05) is 6.42 Å². The van der Waals surface area contributed by atoms with Gasteiger partial charge in [0.2, 0.25) is 0 Å². The lowest BCUT2D eigenvalue weighted by atomic mass is 9.85. The van der Waals surface area contributed by atoms with Crippen LogP contribution in [0.2, 0.25) is 0 Å². The Labute approximate surface area is 165 Å². The number of nitrogens with zero attached hydrogens (tertiary/aromatic N) is 1. The maximum atomic E-state index is 13.5. The van der Waals surface area contributed by atoms with E-state index in [9.17, 15) is 13.2 Å². The van der Waals surface area contributed by atoms with Crippen LogP contribution in [0.1, 0.15) is 68.9 Å². The van der Waals surface area contributed by atoms with Crippen LogP contribution in [-0.2, 0) is 12.7 Å². The Balaban J connectivity index is 1.55.